The van der Waals surface area contributed by atoms with Crippen LogP contribution >= 0.6 is 11.3 Å². The van der Waals surface area contributed by atoms with Gasteiger partial charge in [0.05, 0.1) is 10.2 Å². The number of benzene rings is 1. The monoisotopic (exact) mass is 250 g/mol. The molecule has 0 amide bonds. The van der Waals surface area contributed by atoms with Crippen LogP contribution in [0.5, 0.6) is 0 Å². The van der Waals surface area contributed by atoms with Crippen molar-refractivity contribution in [3.63, 3.8) is 0 Å². The molecule has 0 fully saturated rings. The average Bonchev–Trinajstić information content (AvgIpc) is 2.67. The van der Waals surface area contributed by atoms with Gasteiger partial charge in [0.15, 0.2) is 5.13 Å². The van der Waals surface area contributed by atoms with Crippen molar-refractivity contribution in [3.8, 4) is 0 Å². The number of thiazole rings is 1. The fourth-order valence-corrected chi connectivity index (χ4v) is 2.48. The van der Waals surface area contributed by atoms with Gasteiger partial charge in [-0.25, -0.2) is 9.78 Å². The van der Waals surface area contributed by atoms with Gasteiger partial charge in [0, 0.05) is 0 Å². The number of carboxylic acid groups (broad SMARTS) is 1. The molecule has 2 aromatic rings. The van der Waals surface area contributed by atoms with Gasteiger partial charge >= 0.3 is 5.97 Å². The van der Waals surface area contributed by atoms with E-state index in [0.29, 0.717) is 5.13 Å². The highest BCUT2D eigenvalue weighted by Gasteiger charge is 2.22. The molecule has 1 aromatic carbocycles. The number of hydrogen-bond acceptors (Lipinski definition) is 4. The summed E-state index contributed by atoms with van der Waals surface area (Å²) >= 11 is 1.47. The van der Waals surface area contributed by atoms with Crippen molar-refractivity contribution in [1.82, 2.24) is 4.98 Å². The number of anilines is 1. The fraction of sp³-hybridized carbons (Fsp3) is 0.333. The van der Waals surface area contributed by atoms with E-state index in [4.69, 9.17) is 5.11 Å². The molecule has 17 heavy (non-hydrogen) atoms. The summed E-state index contributed by atoms with van der Waals surface area (Å²) < 4.78 is 1.06. The first kappa shape index (κ1) is 11.9. The van der Waals surface area contributed by atoms with E-state index in [1.54, 1.807) is 0 Å². The molecule has 0 unspecified atom stereocenters. The van der Waals surface area contributed by atoms with Gasteiger partial charge in [0.2, 0.25) is 0 Å². The van der Waals surface area contributed by atoms with Gasteiger partial charge in [-0.15, -0.1) is 0 Å². The third kappa shape index (κ3) is 2.55. The van der Waals surface area contributed by atoms with Gasteiger partial charge in [-0.05, 0) is 18.1 Å². The number of para-hydroxylation sites is 1. The van der Waals surface area contributed by atoms with E-state index in [1.165, 1.54) is 11.3 Å². The van der Waals surface area contributed by atoms with Crippen molar-refractivity contribution in [2.75, 3.05) is 5.32 Å². The van der Waals surface area contributed by atoms with Gasteiger partial charge in [-0.1, -0.05) is 37.3 Å². The molecule has 0 saturated heterocycles. The zero-order valence-corrected chi connectivity index (χ0v) is 10.5. The van der Waals surface area contributed by atoms with Crippen LogP contribution in [0.25, 0.3) is 10.2 Å². The fourth-order valence-electron chi connectivity index (χ4n) is 1.58. The quantitative estimate of drug-likeness (QED) is 0.876. The van der Waals surface area contributed by atoms with E-state index in [-0.39, 0.29) is 5.92 Å². The number of hydrogen-bond donors (Lipinski definition) is 2. The van der Waals surface area contributed by atoms with Gasteiger partial charge in [0.25, 0.3) is 0 Å². The first-order chi connectivity index (χ1) is 8.08. The number of carboxylic acids is 1. The van der Waals surface area contributed by atoms with Crippen LogP contribution in [0.15, 0.2) is 24.3 Å². The van der Waals surface area contributed by atoms with E-state index < -0.39 is 12.0 Å². The van der Waals surface area contributed by atoms with E-state index in [0.717, 1.165) is 10.2 Å². The van der Waals surface area contributed by atoms with Crippen LogP contribution in [0.3, 0.4) is 0 Å². The summed E-state index contributed by atoms with van der Waals surface area (Å²) in [6.07, 6.45) is 0. The summed E-state index contributed by atoms with van der Waals surface area (Å²) in [4.78, 5) is 15.4. The predicted octanol–water partition coefficient (Wildman–Crippen LogP) is 2.82. The summed E-state index contributed by atoms with van der Waals surface area (Å²) in [5.74, 6) is -0.834. The number of fused-ring (bicyclic) bond motifs is 1. The SMILES string of the molecule is CC(C)[C@H](Nc1nc2ccccc2s1)C(=O)O. The van der Waals surface area contributed by atoms with Gasteiger partial charge in [-0.3, -0.25) is 0 Å². The van der Waals surface area contributed by atoms with Gasteiger partial charge < -0.3 is 10.4 Å². The third-order valence-electron chi connectivity index (χ3n) is 2.51. The topological polar surface area (TPSA) is 62.2 Å². The molecule has 0 saturated carbocycles. The van der Waals surface area contributed by atoms with Crippen LogP contribution < -0.4 is 5.32 Å². The molecule has 1 aromatic heterocycles. The molecule has 5 heteroatoms. The molecule has 2 N–H and O–H groups in total. The van der Waals surface area contributed by atoms with Crippen molar-refractivity contribution in [1.29, 1.82) is 0 Å². The third-order valence-corrected chi connectivity index (χ3v) is 3.47. The second kappa shape index (κ2) is 4.71. The van der Waals surface area contributed by atoms with Crippen molar-refractivity contribution in [2.45, 2.75) is 19.9 Å². The maximum absolute atomic E-state index is 11.1. The Kier molecular flexibility index (Phi) is 3.28. The van der Waals surface area contributed by atoms with Crippen LogP contribution in [-0.2, 0) is 4.79 Å². The number of aliphatic carboxylic acids is 1. The standard InChI is InChI=1S/C12H14N2O2S/c1-7(2)10(11(15)16)14-12-13-8-5-3-4-6-9(8)17-12/h3-7,10H,1-2H3,(H,13,14)(H,15,16)/t10-/m0/s1. The Hall–Kier alpha value is -1.62. The highest BCUT2D eigenvalue weighted by Crippen LogP contribution is 2.26. The van der Waals surface area contributed by atoms with Crippen LogP contribution in [0.4, 0.5) is 5.13 Å². The molecule has 0 aliphatic heterocycles. The number of carbonyl (C=O) groups is 1. The molecule has 1 heterocycles. The Morgan fingerprint density at radius 3 is 2.71 bits per heavy atom. The second-order valence-electron chi connectivity index (χ2n) is 4.19. The summed E-state index contributed by atoms with van der Waals surface area (Å²) in [7, 11) is 0. The zero-order valence-electron chi connectivity index (χ0n) is 9.68. The van der Waals surface area contributed by atoms with E-state index in [2.05, 4.69) is 10.3 Å². The molecule has 90 valence electrons. The lowest BCUT2D eigenvalue weighted by Gasteiger charge is -2.16. The molecule has 2 rings (SSSR count). The van der Waals surface area contributed by atoms with E-state index in [9.17, 15) is 4.79 Å². The van der Waals surface area contributed by atoms with Gasteiger partial charge in [0.1, 0.15) is 6.04 Å². The van der Waals surface area contributed by atoms with E-state index >= 15 is 0 Å². The molecule has 1 atom stereocenters. The first-order valence-corrected chi connectivity index (χ1v) is 6.24. The Morgan fingerprint density at radius 2 is 2.12 bits per heavy atom. The van der Waals surface area contributed by atoms with E-state index in [1.807, 2.05) is 38.1 Å². The Bertz CT molecular complexity index is 503. The summed E-state index contributed by atoms with van der Waals surface area (Å²) in [6, 6.07) is 7.16. The summed E-state index contributed by atoms with van der Waals surface area (Å²) in [5, 5.41) is 12.7. The number of nitrogens with one attached hydrogen (secondary N) is 1. The highest BCUT2D eigenvalue weighted by molar-refractivity contribution is 7.22. The lowest BCUT2D eigenvalue weighted by Crippen LogP contribution is -2.34. The van der Waals surface area contributed by atoms with Crippen molar-refractivity contribution >= 4 is 32.7 Å². The smallest absolute Gasteiger partial charge is 0.326 e. The minimum atomic E-state index is -0.848. The summed E-state index contributed by atoms with van der Waals surface area (Å²) in [5.41, 5.74) is 0.896. The largest absolute Gasteiger partial charge is 0.480 e. The highest BCUT2D eigenvalue weighted by atomic mass is 32.1. The molecular formula is C12H14N2O2S. The lowest BCUT2D eigenvalue weighted by molar-refractivity contribution is -0.138. The van der Waals surface area contributed by atoms with Crippen LogP contribution in [-0.4, -0.2) is 22.1 Å². The Morgan fingerprint density at radius 1 is 1.41 bits per heavy atom. The molecular weight excluding hydrogens is 236 g/mol. The molecule has 0 aliphatic carbocycles. The molecule has 0 spiro atoms. The number of rotatable bonds is 4. The van der Waals surface area contributed by atoms with Gasteiger partial charge in [-0.2, -0.15) is 0 Å². The van der Waals surface area contributed by atoms with Crippen molar-refractivity contribution < 1.29 is 9.90 Å². The lowest BCUT2D eigenvalue weighted by atomic mass is 10.1. The minimum absolute atomic E-state index is 0.0134. The molecule has 0 aliphatic rings. The molecule has 4 nitrogen and oxygen atoms in total. The Labute approximate surface area is 103 Å². The average molecular weight is 250 g/mol. The van der Waals surface area contributed by atoms with Crippen molar-refractivity contribution in [3.05, 3.63) is 24.3 Å². The number of nitrogens with zero attached hydrogens (tertiary/aromatic N) is 1. The van der Waals surface area contributed by atoms with Crippen molar-refractivity contribution in [2.24, 2.45) is 5.92 Å². The maximum Gasteiger partial charge on any atom is 0.326 e. The normalized spacial score (nSPS) is 12.9. The Balaban J connectivity index is 2.25. The first-order valence-electron chi connectivity index (χ1n) is 5.43. The number of aromatic nitrogens is 1. The maximum atomic E-state index is 11.1. The predicted molar refractivity (Wildman–Crippen MR) is 69.5 cm³/mol. The minimum Gasteiger partial charge on any atom is -0.480 e. The van der Waals surface area contributed by atoms with Crippen LogP contribution in [0.1, 0.15) is 13.8 Å². The molecule has 0 bridgehead atoms. The summed E-state index contributed by atoms with van der Waals surface area (Å²) in [6.45, 7) is 3.75. The van der Waals surface area contributed by atoms with Crippen LogP contribution in [0, 0.1) is 5.92 Å². The van der Waals surface area contributed by atoms with Crippen LogP contribution in [0.2, 0.25) is 0 Å². The zero-order chi connectivity index (χ0) is 12.4. The molecule has 0 radical (unpaired) electrons. The second-order valence-corrected chi connectivity index (χ2v) is 5.22.